The van der Waals surface area contributed by atoms with Crippen molar-refractivity contribution in [1.82, 2.24) is 9.97 Å². The Bertz CT molecular complexity index is 445. The Kier molecular flexibility index (Phi) is 2.86. The minimum atomic E-state index is 0.317. The van der Waals surface area contributed by atoms with Gasteiger partial charge < -0.3 is 10.3 Å². The van der Waals surface area contributed by atoms with E-state index in [2.05, 4.69) is 29.2 Å². The molecule has 98 valence electrons. The third-order valence-corrected chi connectivity index (χ3v) is 4.10. The van der Waals surface area contributed by atoms with Crippen molar-refractivity contribution in [2.45, 2.75) is 45.1 Å². The Morgan fingerprint density at radius 3 is 2.78 bits per heavy atom. The zero-order valence-electron chi connectivity index (χ0n) is 11.1. The summed E-state index contributed by atoms with van der Waals surface area (Å²) in [7, 11) is 0. The topological polar surface area (TPSA) is 67.1 Å². The van der Waals surface area contributed by atoms with Crippen LogP contribution in [-0.2, 0) is 0 Å². The number of nitrogen functional groups attached to an aromatic ring is 1. The van der Waals surface area contributed by atoms with Crippen LogP contribution in [0.25, 0.3) is 0 Å². The van der Waals surface area contributed by atoms with E-state index in [1.165, 1.54) is 19.3 Å². The van der Waals surface area contributed by atoms with Gasteiger partial charge in [-0.15, -0.1) is 0 Å². The molecule has 2 bridgehead atoms. The average Bonchev–Trinajstić information content (AvgIpc) is 3.00. The van der Waals surface area contributed by atoms with Crippen molar-refractivity contribution in [3.8, 4) is 0 Å². The summed E-state index contributed by atoms with van der Waals surface area (Å²) < 4.78 is 0. The number of fused-ring (bicyclic) bond motifs is 2. The third kappa shape index (κ3) is 1.92. The minimum absolute atomic E-state index is 0.317. The fraction of sp³-hybridized carbons (Fsp3) is 0.692. The first-order valence-corrected chi connectivity index (χ1v) is 6.79. The Labute approximate surface area is 108 Å². The van der Waals surface area contributed by atoms with E-state index in [0.29, 0.717) is 17.8 Å². The highest BCUT2D eigenvalue weighted by atomic mass is 15.3. The third-order valence-electron chi connectivity index (χ3n) is 4.10. The molecule has 1 aromatic rings. The van der Waals surface area contributed by atoms with Gasteiger partial charge >= 0.3 is 0 Å². The molecule has 1 aromatic heterocycles. The monoisotopic (exact) mass is 247 g/mol. The molecule has 3 N–H and O–H groups in total. The molecule has 3 rings (SSSR count). The second-order valence-electron chi connectivity index (χ2n) is 5.75. The number of nitrogens with two attached hydrogens (primary N) is 1. The number of hydrogen-bond acceptors (Lipinski definition) is 5. The van der Waals surface area contributed by atoms with E-state index in [4.69, 9.17) is 10.8 Å². The van der Waals surface area contributed by atoms with Crippen molar-refractivity contribution < 1.29 is 0 Å². The van der Waals surface area contributed by atoms with E-state index in [-0.39, 0.29) is 0 Å². The number of piperidine rings is 1. The van der Waals surface area contributed by atoms with Gasteiger partial charge in [-0.25, -0.2) is 15.8 Å². The lowest BCUT2D eigenvalue weighted by molar-refractivity contribution is 0.549. The summed E-state index contributed by atoms with van der Waals surface area (Å²) in [6.07, 6.45) is 4.01. The van der Waals surface area contributed by atoms with Crippen molar-refractivity contribution in [2.75, 3.05) is 16.9 Å². The van der Waals surface area contributed by atoms with Gasteiger partial charge in [0.15, 0.2) is 0 Å². The number of anilines is 2. The number of hydrogen-bond donors (Lipinski definition) is 2. The first-order chi connectivity index (χ1) is 8.67. The summed E-state index contributed by atoms with van der Waals surface area (Å²) in [4.78, 5) is 11.5. The lowest BCUT2D eigenvalue weighted by atomic mass is 10.1. The molecule has 1 aliphatic carbocycles. The second kappa shape index (κ2) is 4.39. The van der Waals surface area contributed by atoms with Crippen molar-refractivity contribution in [2.24, 2.45) is 11.8 Å². The molecule has 1 saturated carbocycles. The maximum atomic E-state index is 5.50. The SMILES string of the molecule is CC(C)c1nc(NN)cc(N2CC3CCC2C3)n1. The molecule has 1 aliphatic heterocycles. The molecule has 2 fully saturated rings. The smallest absolute Gasteiger partial charge is 0.145 e. The van der Waals surface area contributed by atoms with E-state index in [0.717, 1.165) is 24.1 Å². The standard InChI is InChI=1S/C13H21N5/c1-8(2)13-15-11(17-14)6-12(16-13)18-7-9-3-4-10(18)5-9/h6,8-10H,3-5,7,14H2,1-2H3,(H,15,16,17). The lowest BCUT2D eigenvalue weighted by Gasteiger charge is -2.28. The Morgan fingerprint density at radius 1 is 1.39 bits per heavy atom. The molecular formula is C13H21N5. The highest BCUT2D eigenvalue weighted by Gasteiger charge is 2.38. The summed E-state index contributed by atoms with van der Waals surface area (Å²) in [5.74, 6) is 9.30. The molecular weight excluding hydrogens is 226 g/mol. The van der Waals surface area contributed by atoms with E-state index < -0.39 is 0 Å². The Hall–Kier alpha value is -1.36. The summed E-state index contributed by atoms with van der Waals surface area (Å²) in [5, 5.41) is 0. The number of hydrazine groups is 1. The van der Waals surface area contributed by atoms with Crippen LogP contribution in [0.3, 0.4) is 0 Å². The lowest BCUT2D eigenvalue weighted by Crippen LogP contribution is -2.33. The molecule has 0 spiro atoms. The number of nitrogens with one attached hydrogen (secondary N) is 1. The van der Waals surface area contributed by atoms with Crippen LogP contribution in [0, 0.1) is 5.92 Å². The van der Waals surface area contributed by atoms with E-state index >= 15 is 0 Å². The highest BCUT2D eigenvalue weighted by molar-refractivity contribution is 5.51. The number of aromatic nitrogens is 2. The number of nitrogens with zero attached hydrogens (tertiary/aromatic N) is 3. The van der Waals surface area contributed by atoms with Crippen LogP contribution in [-0.4, -0.2) is 22.6 Å². The van der Waals surface area contributed by atoms with E-state index in [1.807, 2.05) is 6.07 Å². The second-order valence-corrected chi connectivity index (χ2v) is 5.75. The highest BCUT2D eigenvalue weighted by Crippen LogP contribution is 2.40. The largest absolute Gasteiger partial charge is 0.353 e. The summed E-state index contributed by atoms with van der Waals surface area (Å²) in [6, 6.07) is 2.64. The first kappa shape index (κ1) is 11.7. The minimum Gasteiger partial charge on any atom is -0.353 e. The van der Waals surface area contributed by atoms with Crippen molar-refractivity contribution in [1.29, 1.82) is 0 Å². The molecule has 2 atom stereocenters. The summed E-state index contributed by atoms with van der Waals surface area (Å²) in [6.45, 7) is 5.36. The molecule has 5 nitrogen and oxygen atoms in total. The Morgan fingerprint density at radius 2 is 2.22 bits per heavy atom. The van der Waals surface area contributed by atoms with Crippen LogP contribution >= 0.6 is 0 Å². The molecule has 0 aromatic carbocycles. The van der Waals surface area contributed by atoms with Gasteiger partial charge in [0.25, 0.3) is 0 Å². The van der Waals surface area contributed by atoms with Gasteiger partial charge in [-0.2, -0.15) is 0 Å². The van der Waals surface area contributed by atoms with Crippen LogP contribution in [0.2, 0.25) is 0 Å². The zero-order valence-corrected chi connectivity index (χ0v) is 11.1. The molecule has 0 radical (unpaired) electrons. The van der Waals surface area contributed by atoms with E-state index in [9.17, 15) is 0 Å². The van der Waals surface area contributed by atoms with Crippen LogP contribution in [0.1, 0.15) is 44.9 Å². The fourth-order valence-corrected chi connectivity index (χ4v) is 3.14. The van der Waals surface area contributed by atoms with Gasteiger partial charge in [-0.1, -0.05) is 13.8 Å². The van der Waals surface area contributed by atoms with Gasteiger partial charge in [0.1, 0.15) is 17.5 Å². The zero-order chi connectivity index (χ0) is 12.7. The van der Waals surface area contributed by atoms with Gasteiger partial charge in [0.05, 0.1) is 0 Å². The molecule has 18 heavy (non-hydrogen) atoms. The van der Waals surface area contributed by atoms with Crippen molar-refractivity contribution in [3.05, 3.63) is 11.9 Å². The maximum Gasteiger partial charge on any atom is 0.145 e. The van der Waals surface area contributed by atoms with Gasteiger partial charge in [-0.3, -0.25) is 0 Å². The summed E-state index contributed by atoms with van der Waals surface area (Å²) >= 11 is 0. The average molecular weight is 247 g/mol. The van der Waals surface area contributed by atoms with Crippen molar-refractivity contribution in [3.63, 3.8) is 0 Å². The maximum absolute atomic E-state index is 5.50. The first-order valence-electron chi connectivity index (χ1n) is 6.79. The predicted molar refractivity (Wildman–Crippen MR) is 72.4 cm³/mol. The molecule has 0 amide bonds. The molecule has 5 heteroatoms. The van der Waals surface area contributed by atoms with E-state index in [1.54, 1.807) is 0 Å². The van der Waals surface area contributed by atoms with Gasteiger partial charge in [-0.05, 0) is 25.2 Å². The van der Waals surface area contributed by atoms with Crippen LogP contribution < -0.4 is 16.2 Å². The van der Waals surface area contributed by atoms with Gasteiger partial charge in [0, 0.05) is 24.6 Å². The number of rotatable bonds is 3. The van der Waals surface area contributed by atoms with Crippen LogP contribution in [0.15, 0.2) is 6.07 Å². The molecule has 1 saturated heterocycles. The van der Waals surface area contributed by atoms with Crippen LogP contribution in [0.4, 0.5) is 11.6 Å². The molecule has 2 aliphatic rings. The Balaban J connectivity index is 1.93. The normalized spacial score (nSPS) is 26.1. The predicted octanol–water partition coefficient (Wildman–Crippen LogP) is 1.87. The molecule has 2 heterocycles. The quantitative estimate of drug-likeness (QED) is 0.630. The van der Waals surface area contributed by atoms with Gasteiger partial charge in [0.2, 0.25) is 0 Å². The molecule has 2 unspecified atom stereocenters. The summed E-state index contributed by atoms with van der Waals surface area (Å²) in [5.41, 5.74) is 2.65. The van der Waals surface area contributed by atoms with Crippen molar-refractivity contribution >= 4 is 11.6 Å². The fourth-order valence-electron chi connectivity index (χ4n) is 3.14. The van der Waals surface area contributed by atoms with Crippen LogP contribution in [0.5, 0.6) is 0 Å².